The molecule has 4 rings (SSSR count). The number of nitrogens with zero attached hydrogens (tertiary/aromatic N) is 4. The van der Waals surface area contributed by atoms with Gasteiger partial charge in [0.15, 0.2) is 5.82 Å². The maximum absolute atomic E-state index is 12.4. The molecule has 1 N–H and O–H groups in total. The number of anilines is 2. The number of nitrogens with one attached hydrogen (secondary N) is 1. The van der Waals surface area contributed by atoms with Crippen LogP contribution in [-0.2, 0) is 0 Å². The molecular formula is C25H29N5O. The molecule has 1 aromatic heterocycles. The van der Waals surface area contributed by atoms with E-state index in [1.54, 1.807) is 0 Å². The van der Waals surface area contributed by atoms with Crippen molar-refractivity contribution < 1.29 is 4.79 Å². The number of carbonyl (C=O) groups is 1. The van der Waals surface area contributed by atoms with Gasteiger partial charge in [0, 0.05) is 50.0 Å². The number of amides is 1. The van der Waals surface area contributed by atoms with Crippen molar-refractivity contribution >= 4 is 17.4 Å². The van der Waals surface area contributed by atoms with Gasteiger partial charge in [0.05, 0.1) is 5.69 Å². The molecule has 0 aliphatic carbocycles. The van der Waals surface area contributed by atoms with Crippen LogP contribution in [0.5, 0.6) is 0 Å². The van der Waals surface area contributed by atoms with Crippen molar-refractivity contribution in [1.82, 2.24) is 15.5 Å². The fraction of sp³-hybridized carbons (Fsp3) is 0.320. The van der Waals surface area contributed by atoms with Crippen molar-refractivity contribution in [3.63, 3.8) is 0 Å². The minimum Gasteiger partial charge on any atom is -0.375 e. The summed E-state index contributed by atoms with van der Waals surface area (Å²) < 4.78 is 0. The number of hydrogen-bond donors (Lipinski definition) is 1. The van der Waals surface area contributed by atoms with E-state index in [0.717, 1.165) is 43.1 Å². The minimum atomic E-state index is -0.0515. The van der Waals surface area contributed by atoms with E-state index >= 15 is 0 Å². The Kier molecular flexibility index (Phi) is 6.77. The van der Waals surface area contributed by atoms with Gasteiger partial charge in [-0.15, -0.1) is 10.2 Å². The summed E-state index contributed by atoms with van der Waals surface area (Å²) in [4.78, 5) is 16.9. The number of para-hydroxylation sites is 1. The van der Waals surface area contributed by atoms with Crippen molar-refractivity contribution in [3.8, 4) is 11.3 Å². The van der Waals surface area contributed by atoms with Crippen molar-refractivity contribution in [1.29, 1.82) is 0 Å². The van der Waals surface area contributed by atoms with Crippen molar-refractivity contribution in [2.75, 3.05) is 43.0 Å². The van der Waals surface area contributed by atoms with Crippen LogP contribution in [0.3, 0.4) is 0 Å². The van der Waals surface area contributed by atoms with E-state index in [1.807, 2.05) is 54.6 Å². The Bertz CT molecular complexity index is 967. The third-order valence-corrected chi connectivity index (χ3v) is 5.68. The van der Waals surface area contributed by atoms with Gasteiger partial charge in [-0.1, -0.05) is 30.3 Å². The molecular weight excluding hydrogens is 386 g/mol. The summed E-state index contributed by atoms with van der Waals surface area (Å²) in [6, 6.07) is 21.8. The number of benzene rings is 2. The van der Waals surface area contributed by atoms with Gasteiger partial charge in [-0.2, -0.15) is 0 Å². The maximum Gasteiger partial charge on any atom is 0.251 e. The molecule has 0 spiro atoms. The normalized spacial score (nSPS) is 13.3. The lowest BCUT2D eigenvalue weighted by atomic mass is 10.1. The fourth-order valence-corrected chi connectivity index (χ4v) is 3.82. The van der Waals surface area contributed by atoms with Crippen LogP contribution in [0.4, 0.5) is 11.5 Å². The molecule has 1 aliphatic rings. The molecule has 3 aromatic rings. The van der Waals surface area contributed by atoms with Gasteiger partial charge < -0.3 is 15.1 Å². The van der Waals surface area contributed by atoms with Crippen molar-refractivity contribution in [2.24, 2.45) is 0 Å². The average molecular weight is 416 g/mol. The van der Waals surface area contributed by atoms with Crippen LogP contribution in [0.25, 0.3) is 11.3 Å². The molecule has 1 fully saturated rings. The molecule has 2 heterocycles. The highest BCUT2D eigenvalue weighted by atomic mass is 16.1. The van der Waals surface area contributed by atoms with E-state index in [4.69, 9.17) is 0 Å². The highest BCUT2D eigenvalue weighted by molar-refractivity contribution is 5.94. The number of carbonyl (C=O) groups excluding carboxylic acids is 1. The Hall–Kier alpha value is -3.41. The van der Waals surface area contributed by atoms with Gasteiger partial charge in [-0.25, -0.2) is 0 Å². The lowest BCUT2D eigenvalue weighted by Crippen LogP contribution is -2.28. The monoisotopic (exact) mass is 415 g/mol. The molecule has 6 heteroatoms. The molecule has 31 heavy (non-hydrogen) atoms. The Morgan fingerprint density at radius 3 is 2.39 bits per heavy atom. The van der Waals surface area contributed by atoms with Gasteiger partial charge in [0.2, 0.25) is 0 Å². The van der Waals surface area contributed by atoms with Gasteiger partial charge in [0.25, 0.3) is 5.91 Å². The molecule has 0 saturated carbocycles. The molecule has 1 amide bonds. The van der Waals surface area contributed by atoms with Crippen LogP contribution < -0.4 is 15.1 Å². The summed E-state index contributed by atoms with van der Waals surface area (Å²) >= 11 is 0. The zero-order chi connectivity index (χ0) is 21.5. The molecule has 0 atom stereocenters. The molecule has 1 saturated heterocycles. The third kappa shape index (κ3) is 5.40. The van der Waals surface area contributed by atoms with E-state index in [0.29, 0.717) is 12.1 Å². The number of aromatic nitrogens is 2. The first-order chi connectivity index (χ1) is 15.2. The summed E-state index contributed by atoms with van der Waals surface area (Å²) in [7, 11) is 2.07. The molecule has 0 radical (unpaired) electrons. The van der Waals surface area contributed by atoms with Crippen molar-refractivity contribution in [2.45, 2.75) is 19.3 Å². The first-order valence-corrected chi connectivity index (χ1v) is 10.9. The second kappa shape index (κ2) is 10.1. The average Bonchev–Trinajstić information content (AvgIpc) is 3.37. The Morgan fingerprint density at radius 1 is 0.968 bits per heavy atom. The second-order valence-electron chi connectivity index (χ2n) is 7.91. The first kappa shape index (κ1) is 20.8. The topological polar surface area (TPSA) is 61.4 Å². The van der Waals surface area contributed by atoms with E-state index in [9.17, 15) is 4.79 Å². The standard InChI is InChI=1S/C25H29N5O/c1-29(22-8-3-2-4-9-22)17-7-16-26-25(31)21-12-10-20(11-13-21)23-14-15-24(28-27-23)30-18-5-6-19-30/h2-4,8-15H,5-7,16-19H2,1H3,(H,26,31). The lowest BCUT2D eigenvalue weighted by Gasteiger charge is -2.19. The van der Waals surface area contributed by atoms with E-state index < -0.39 is 0 Å². The van der Waals surface area contributed by atoms with Crippen LogP contribution in [-0.4, -0.2) is 49.3 Å². The third-order valence-electron chi connectivity index (χ3n) is 5.68. The smallest absolute Gasteiger partial charge is 0.251 e. The molecule has 6 nitrogen and oxygen atoms in total. The molecule has 0 unspecified atom stereocenters. The fourth-order valence-electron chi connectivity index (χ4n) is 3.82. The van der Waals surface area contributed by atoms with Gasteiger partial charge >= 0.3 is 0 Å². The summed E-state index contributed by atoms with van der Waals surface area (Å²) in [5.74, 6) is 0.888. The molecule has 1 aliphatic heterocycles. The predicted molar refractivity (Wildman–Crippen MR) is 126 cm³/mol. The van der Waals surface area contributed by atoms with Crippen LogP contribution in [0.2, 0.25) is 0 Å². The van der Waals surface area contributed by atoms with E-state index in [1.165, 1.54) is 18.5 Å². The van der Waals surface area contributed by atoms with Crippen LogP contribution in [0.15, 0.2) is 66.7 Å². The molecule has 160 valence electrons. The summed E-state index contributed by atoms with van der Waals surface area (Å²) in [6.07, 6.45) is 3.32. The molecule has 2 aromatic carbocycles. The second-order valence-corrected chi connectivity index (χ2v) is 7.91. The van der Waals surface area contributed by atoms with Gasteiger partial charge in [-0.05, 0) is 55.7 Å². The SMILES string of the molecule is CN(CCCNC(=O)c1ccc(-c2ccc(N3CCCC3)nn2)cc1)c1ccccc1. The Labute approximate surface area is 183 Å². The lowest BCUT2D eigenvalue weighted by molar-refractivity contribution is 0.0953. The summed E-state index contributed by atoms with van der Waals surface area (Å²) in [5.41, 5.74) is 3.61. The van der Waals surface area contributed by atoms with E-state index in [-0.39, 0.29) is 5.91 Å². The Balaban J connectivity index is 1.26. The van der Waals surface area contributed by atoms with Crippen LogP contribution in [0, 0.1) is 0 Å². The van der Waals surface area contributed by atoms with Gasteiger partial charge in [-0.3, -0.25) is 4.79 Å². The highest BCUT2D eigenvalue weighted by Gasteiger charge is 2.14. The first-order valence-electron chi connectivity index (χ1n) is 10.9. The summed E-state index contributed by atoms with van der Waals surface area (Å²) in [6.45, 7) is 3.64. The maximum atomic E-state index is 12.4. The zero-order valence-corrected chi connectivity index (χ0v) is 18.0. The van der Waals surface area contributed by atoms with E-state index in [2.05, 4.69) is 44.5 Å². The van der Waals surface area contributed by atoms with Gasteiger partial charge in [0.1, 0.15) is 0 Å². The zero-order valence-electron chi connectivity index (χ0n) is 18.0. The number of hydrogen-bond acceptors (Lipinski definition) is 5. The number of rotatable bonds is 8. The van der Waals surface area contributed by atoms with Crippen LogP contribution >= 0.6 is 0 Å². The predicted octanol–water partition coefficient (Wildman–Crippen LogP) is 4.00. The van der Waals surface area contributed by atoms with Crippen LogP contribution in [0.1, 0.15) is 29.6 Å². The molecule has 0 bridgehead atoms. The highest BCUT2D eigenvalue weighted by Crippen LogP contribution is 2.21. The Morgan fingerprint density at radius 2 is 1.71 bits per heavy atom. The largest absolute Gasteiger partial charge is 0.375 e. The quantitative estimate of drug-likeness (QED) is 0.564. The van der Waals surface area contributed by atoms with Crippen molar-refractivity contribution in [3.05, 3.63) is 72.3 Å². The minimum absolute atomic E-state index is 0.0515. The summed E-state index contributed by atoms with van der Waals surface area (Å²) in [5, 5.41) is 11.8.